The Morgan fingerprint density at radius 3 is 3.00 bits per heavy atom. The molecule has 1 fully saturated rings. The molecule has 0 aromatic heterocycles. The molecule has 1 aliphatic heterocycles. The SMILES string of the molecule is CN(Cc1ccccc1C=CC(=O)O)CC1CCCOC1. The second-order valence-corrected chi connectivity index (χ2v) is 5.65. The molecule has 0 radical (unpaired) electrons. The number of carbonyl (C=O) groups is 1. The minimum Gasteiger partial charge on any atom is -0.478 e. The maximum Gasteiger partial charge on any atom is 0.328 e. The zero-order valence-electron chi connectivity index (χ0n) is 12.5. The van der Waals surface area contributed by atoms with Gasteiger partial charge < -0.3 is 14.7 Å². The lowest BCUT2D eigenvalue weighted by Gasteiger charge is -2.27. The van der Waals surface area contributed by atoms with E-state index in [4.69, 9.17) is 9.84 Å². The molecular weight excluding hydrogens is 266 g/mol. The van der Waals surface area contributed by atoms with Crippen LogP contribution in [0.3, 0.4) is 0 Å². The summed E-state index contributed by atoms with van der Waals surface area (Å²) in [5.41, 5.74) is 2.11. The lowest BCUT2D eigenvalue weighted by Crippen LogP contribution is -2.30. The number of rotatable bonds is 6. The van der Waals surface area contributed by atoms with E-state index < -0.39 is 5.97 Å². The van der Waals surface area contributed by atoms with Crippen molar-refractivity contribution in [3.05, 3.63) is 41.5 Å². The van der Waals surface area contributed by atoms with Crippen molar-refractivity contribution in [2.75, 3.05) is 26.8 Å². The summed E-state index contributed by atoms with van der Waals surface area (Å²) in [6.07, 6.45) is 5.23. The van der Waals surface area contributed by atoms with Gasteiger partial charge in [0.1, 0.15) is 0 Å². The van der Waals surface area contributed by atoms with E-state index >= 15 is 0 Å². The third-order valence-corrected chi connectivity index (χ3v) is 3.73. The predicted molar refractivity (Wildman–Crippen MR) is 83.0 cm³/mol. The van der Waals surface area contributed by atoms with Crippen molar-refractivity contribution >= 4 is 12.0 Å². The lowest BCUT2D eigenvalue weighted by atomic mass is 10.0. The number of nitrogens with zero attached hydrogens (tertiary/aromatic N) is 1. The van der Waals surface area contributed by atoms with Gasteiger partial charge in [-0.1, -0.05) is 24.3 Å². The van der Waals surface area contributed by atoms with E-state index in [1.165, 1.54) is 12.5 Å². The van der Waals surface area contributed by atoms with Crippen molar-refractivity contribution in [3.63, 3.8) is 0 Å². The third kappa shape index (κ3) is 5.33. The van der Waals surface area contributed by atoms with E-state index in [1.54, 1.807) is 6.08 Å². The van der Waals surface area contributed by atoms with E-state index in [2.05, 4.69) is 18.0 Å². The van der Waals surface area contributed by atoms with Crippen molar-refractivity contribution in [2.45, 2.75) is 19.4 Å². The summed E-state index contributed by atoms with van der Waals surface area (Å²) in [5.74, 6) is -0.317. The first kappa shape index (κ1) is 15.7. The highest BCUT2D eigenvalue weighted by Crippen LogP contribution is 2.17. The molecule has 1 atom stereocenters. The molecule has 0 aliphatic carbocycles. The molecule has 0 saturated carbocycles. The van der Waals surface area contributed by atoms with Crippen molar-refractivity contribution < 1.29 is 14.6 Å². The van der Waals surface area contributed by atoms with Crippen LogP contribution in [0, 0.1) is 5.92 Å². The van der Waals surface area contributed by atoms with E-state index in [0.29, 0.717) is 5.92 Å². The minimum absolute atomic E-state index is 0.602. The van der Waals surface area contributed by atoms with Gasteiger partial charge in [0, 0.05) is 25.8 Å². The molecule has 4 heteroatoms. The second kappa shape index (κ2) is 7.96. The molecule has 1 unspecified atom stereocenters. The van der Waals surface area contributed by atoms with Crippen LogP contribution in [0.4, 0.5) is 0 Å². The zero-order valence-corrected chi connectivity index (χ0v) is 12.5. The highest BCUT2D eigenvalue weighted by molar-refractivity contribution is 5.85. The largest absolute Gasteiger partial charge is 0.478 e. The van der Waals surface area contributed by atoms with Gasteiger partial charge in [-0.15, -0.1) is 0 Å². The van der Waals surface area contributed by atoms with Crippen LogP contribution in [-0.2, 0) is 16.1 Å². The monoisotopic (exact) mass is 289 g/mol. The zero-order chi connectivity index (χ0) is 15.1. The lowest BCUT2D eigenvalue weighted by molar-refractivity contribution is -0.131. The van der Waals surface area contributed by atoms with E-state index in [1.807, 2.05) is 18.2 Å². The van der Waals surface area contributed by atoms with Gasteiger partial charge >= 0.3 is 5.97 Å². The predicted octanol–water partition coefficient (Wildman–Crippen LogP) is 2.64. The van der Waals surface area contributed by atoms with Crippen LogP contribution in [0.1, 0.15) is 24.0 Å². The Balaban J connectivity index is 1.96. The highest BCUT2D eigenvalue weighted by atomic mass is 16.5. The molecule has 0 spiro atoms. The smallest absolute Gasteiger partial charge is 0.328 e. The topological polar surface area (TPSA) is 49.8 Å². The molecule has 21 heavy (non-hydrogen) atoms. The average molecular weight is 289 g/mol. The molecule has 1 saturated heterocycles. The molecule has 114 valence electrons. The Bertz CT molecular complexity index is 493. The van der Waals surface area contributed by atoms with Gasteiger partial charge in [-0.05, 0) is 43.0 Å². The Morgan fingerprint density at radius 2 is 2.29 bits per heavy atom. The summed E-state index contributed by atoms with van der Waals surface area (Å²) < 4.78 is 5.52. The molecule has 1 heterocycles. The number of carboxylic acids is 1. The first-order valence-corrected chi connectivity index (χ1v) is 7.40. The van der Waals surface area contributed by atoms with Gasteiger partial charge in [-0.3, -0.25) is 0 Å². The number of benzene rings is 1. The molecule has 0 amide bonds. The average Bonchev–Trinajstić information content (AvgIpc) is 2.47. The number of hydrogen-bond donors (Lipinski definition) is 1. The van der Waals surface area contributed by atoms with Crippen LogP contribution < -0.4 is 0 Å². The fourth-order valence-corrected chi connectivity index (χ4v) is 2.75. The summed E-state index contributed by atoms with van der Waals surface area (Å²) >= 11 is 0. The van der Waals surface area contributed by atoms with Gasteiger partial charge in [0.2, 0.25) is 0 Å². The summed E-state index contributed by atoms with van der Waals surface area (Å²) in [6, 6.07) is 7.92. The first-order valence-electron chi connectivity index (χ1n) is 7.40. The van der Waals surface area contributed by atoms with Crippen LogP contribution in [-0.4, -0.2) is 42.8 Å². The second-order valence-electron chi connectivity index (χ2n) is 5.65. The van der Waals surface area contributed by atoms with Crippen LogP contribution in [0.15, 0.2) is 30.3 Å². The Kier molecular flexibility index (Phi) is 5.96. The number of hydrogen-bond acceptors (Lipinski definition) is 3. The number of ether oxygens (including phenoxy) is 1. The van der Waals surface area contributed by atoms with Crippen molar-refractivity contribution in [1.29, 1.82) is 0 Å². The van der Waals surface area contributed by atoms with Gasteiger partial charge in [0.05, 0.1) is 6.61 Å². The van der Waals surface area contributed by atoms with Gasteiger partial charge in [0.25, 0.3) is 0 Å². The third-order valence-electron chi connectivity index (χ3n) is 3.73. The van der Waals surface area contributed by atoms with Crippen molar-refractivity contribution in [1.82, 2.24) is 4.90 Å². The quantitative estimate of drug-likeness (QED) is 0.818. The van der Waals surface area contributed by atoms with Crippen molar-refractivity contribution in [2.24, 2.45) is 5.92 Å². The summed E-state index contributed by atoms with van der Waals surface area (Å²) in [7, 11) is 2.10. The fourth-order valence-electron chi connectivity index (χ4n) is 2.75. The first-order chi connectivity index (χ1) is 10.1. The molecule has 1 aromatic carbocycles. The molecule has 1 N–H and O–H groups in total. The Hall–Kier alpha value is -1.65. The van der Waals surface area contributed by atoms with E-state index in [-0.39, 0.29) is 0 Å². The van der Waals surface area contributed by atoms with Crippen LogP contribution >= 0.6 is 0 Å². The summed E-state index contributed by atoms with van der Waals surface area (Å²) in [6.45, 7) is 3.57. The fraction of sp³-hybridized carbons (Fsp3) is 0.471. The standard InChI is InChI=1S/C17H23NO3/c1-18(11-14-5-4-10-21-13-14)12-16-7-3-2-6-15(16)8-9-17(19)20/h2-3,6-9,14H,4-5,10-13H2,1H3,(H,19,20). The molecule has 4 nitrogen and oxygen atoms in total. The number of aliphatic carboxylic acids is 1. The molecule has 1 aromatic rings. The van der Waals surface area contributed by atoms with Crippen molar-refractivity contribution in [3.8, 4) is 0 Å². The Labute approximate surface area is 126 Å². The van der Waals surface area contributed by atoms with E-state index in [9.17, 15) is 4.79 Å². The highest BCUT2D eigenvalue weighted by Gasteiger charge is 2.16. The Morgan fingerprint density at radius 1 is 1.48 bits per heavy atom. The molecule has 0 bridgehead atoms. The summed E-state index contributed by atoms with van der Waals surface area (Å²) in [5, 5.41) is 8.75. The minimum atomic E-state index is -0.919. The normalized spacial score (nSPS) is 19.2. The van der Waals surface area contributed by atoms with E-state index in [0.717, 1.165) is 43.9 Å². The van der Waals surface area contributed by atoms with Gasteiger partial charge in [-0.25, -0.2) is 4.79 Å². The van der Waals surface area contributed by atoms with Gasteiger partial charge in [0.15, 0.2) is 0 Å². The molecule has 2 rings (SSSR count). The van der Waals surface area contributed by atoms with Crippen LogP contribution in [0.25, 0.3) is 6.08 Å². The van der Waals surface area contributed by atoms with Gasteiger partial charge in [-0.2, -0.15) is 0 Å². The molecule has 1 aliphatic rings. The maximum absolute atomic E-state index is 10.7. The summed E-state index contributed by atoms with van der Waals surface area (Å²) in [4.78, 5) is 12.9. The number of carboxylic acid groups (broad SMARTS) is 1. The van der Waals surface area contributed by atoms with Crippen LogP contribution in [0.5, 0.6) is 0 Å². The van der Waals surface area contributed by atoms with Crippen LogP contribution in [0.2, 0.25) is 0 Å². The maximum atomic E-state index is 10.7. The molecular formula is C17H23NO3.